The lowest BCUT2D eigenvalue weighted by molar-refractivity contribution is 0.0708. The summed E-state index contributed by atoms with van der Waals surface area (Å²) >= 11 is 12.0. The van der Waals surface area contributed by atoms with Crippen molar-refractivity contribution in [3.8, 4) is 11.3 Å². The number of benzene rings is 1. The maximum absolute atomic E-state index is 12.4. The van der Waals surface area contributed by atoms with Gasteiger partial charge in [0.15, 0.2) is 0 Å². The average Bonchev–Trinajstić information content (AvgIpc) is 2.54. The maximum Gasteiger partial charge on any atom is 0.274 e. The standard InChI is InChI=1S/C16H16Cl2N4O/c17-11-5-10(6-12(18)7-11)14-8-21-15(9-20-14)16(23)22-3-1-13(19)2-4-22/h5-9,13H,1-4,19H2. The smallest absolute Gasteiger partial charge is 0.274 e. The first-order valence-electron chi connectivity index (χ1n) is 7.36. The highest BCUT2D eigenvalue weighted by Gasteiger charge is 2.22. The minimum absolute atomic E-state index is 0.111. The molecule has 1 saturated heterocycles. The van der Waals surface area contributed by atoms with Gasteiger partial charge in [0.2, 0.25) is 0 Å². The summed E-state index contributed by atoms with van der Waals surface area (Å²) < 4.78 is 0. The highest BCUT2D eigenvalue weighted by atomic mass is 35.5. The van der Waals surface area contributed by atoms with Gasteiger partial charge < -0.3 is 10.6 Å². The number of carbonyl (C=O) groups is 1. The lowest BCUT2D eigenvalue weighted by Gasteiger charge is -2.29. The molecule has 0 saturated carbocycles. The lowest BCUT2D eigenvalue weighted by Crippen LogP contribution is -2.43. The Morgan fingerprint density at radius 2 is 1.74 bits per heavy atom. The highest BCUT2D eigenvalue weighted by molar-refractivity contribution is 6.35. The summed E-state index contributed by atoms with van der Waals surface area (Å²) in [7, 11) is 0. The number of likely N-dealkylation sites (tertiary alicyclic amines) is 1. The molecular weight excluding hydrogens is 335 g/mol. The molecule has 23 heavy (non-hydrogen) atoms. The van der Waals surface area contributed by atoms with E-state index in [0.29, 0.717) is 34.5 Å². The number of amides is 1. The predicted octanol–water partition coefficient (Wildman–Crippen LogP) is 3.01. The van der Waals surface area contributed by atoms with E-state index in [9.17, 15) is 4.79 Å². The third kappa shape index (κ3) is 3.80. The number of rotatable bonds is 2. The van der Waals surface area contributed by atoms with Crippen LogP contribution >= 0.6 is 23.2 Å². The molecule has 1 aromatic carbocycles. The summed E-state index contributed by atoms with van der Waals surface area (Å²) in [4.78, 5) is 22.7. The monoisotopic (exact) mass is 350 g/mol. The Bertz CT molecular complexity index is 692. The predicted molar refractivity (Wildman–Crippen MR) is 90.6 cm³/mol. The molecule has 1 amide bonds. The fraction of sp³-hybridized carbons (Fsp3) is 0.312. The Morgan fingerprint density at radius 3 is 2.30 bits per heavy atom. The molecule has 5 nitrogen and oxygen atoms in total. The lowest BCUT2D eigenvalue weighted by atomic mass is 10.1. The number of nitrogens with two attached hydrogens (primary N) is 1. The molecule has 1 aromatic heterocycles. The van der Waals surface area contributed by atoms with E-state index < -0.39 is 0 Å². The van der Waals surface area contributed by atoms with Crippen LogP contribution in [0.25, 0.3) is 11.3 Å². The van der Waals surface area contributed by atoms with Crippen molar-refractivity contribution in [3.63, 3.8) is 0 Å². The quantitative estimate of drug-likeness (QED) is 0.903. The number of hydrogen-bond donors (Lipinski definition) is 1. The van der Waals surface area contributed by atoms with E-state index in [-0.39, 0.29) is 11.9 Å². The third-order valence-corrected chi connectivity index (χ3v) is 4.29. The van der Waals surface area contributed by atoms with Gasteiger partial charge in [-0.25, -0.2) is 4.98 Å². The van der Waals surface area contributed by atoms with Gasteiger partial charge in [0.25, 0.3) is 5.91 Å². The molecule has 0 spiro atoms. The van der Waals surface area contributed by atoms with Crippen molar-refractivity contribution >= 4 is 29.1 Å². The first-order valence-corrected chi connectivity index (χ1v) is 8.12. The molecule has 0 bridgehead atoms. The fourth-order valence-electron chi connectivity index (χ4n) is 2.55. The first-order chi connectivity index (χ1) is 11.0. The van der Waals surface area contributed by atoms with E-state index in [2.05, 4.69) is 9.97 Å². The molecule has 1 fully saturated rings. The minimum Gasteiger partial charge on any atom is -0.337 e. The van der Waals surface area contributed by atoms with Gasteiger partial charge in [-0.3, -0.25) is 9.78 Å². The summed E-state index contributed by atoms with van der Waals surface area (Å²) in [5.41, 5.74) is 7.57. The summed E-state index contributed by atoms with van der Waals surface area (Å²) in [6, 6.07) is 5.34. The second-order valence-corrected chi connectivity index (χ2v) is 6.45. The van der Waals surface area contributed by atoms with Crippen LogP contribution in [-0.4, -0.2) is 39.9 Å². The van der Waals surface area contributed by atoms with Crippen molar-refractivity contribution in [3.05, 3.63) is 46.3 Å². The van der Waals surface area contributed by atoms with Crippen molar-refractivity contribution in [2.45, 2.75) is 18.9 Å². The van der Waals surface area contributed by atoms with Gasteiger partial charge in [-0.15, -0.1) is 0 Å². The Labute approximate surface area is 144 Å². The Morgan fingerprint density at radius 1 is 1.09 bits per heavy atom. The second-order valence-electron chi connectivity index (χ2n) is 5.57. The van der Waals surface area contributed by atoms with Crippen LogP contribution in [-0.2, 0) is 0 Å². The van der Waals surface area contributed by atoms with Crippen molar-refractivity contribution in [1.29, 1.82) is 0 Å². The number of hydrogen-bond acceptors (Lipinski definition) is 4. The SMILES string of the molecule is NC1CCN(C(=O)c2cnc(-c3cc(Cl)cc(Cl)c3)cn2)CC1. The van der Waals surface area contributed by atoms with Gasteiger partial charge in [-0.2, -0.15) is 0 Å². The molecule has 0 radical (unpaired) electrons. The van der Waals surface area contributed by atoms with Crippen molar-refractivity contribution in [2.24, 2.45) is 5.73 Å². The Balaban J connectivity index is 1.77. The van der Waals surface area contributed by atoms with Crippen LogP contribution in [0, 0.1) is 0 Å². The Kier molecular flexibility index (Phi) is 4.80. The molecule has 0 aliphatic carbocycles. The molecule has 3 rings (SSSR count). The first kappa shape index (κ1) is 16.2. The number of piperidine rings is 1. The van der Waals surface area contributed by atoms with Crippen LogP contribution in [0.15, 0.2) is 30.6 Å². The minimum atomic E-state index is -0.111. The van der Waals surface area contributed by atoms with Gasteiger partial charge >= 0.3 is 0 Å². The molecule has 1 aliphatic heterocycles. The number of nitrogens with zero attached hydrogens (tertiary/aromatic N) is 3. The van der Waals surface area contributed by atoms with Crippen molar-refractivity contribution in [2.75, 3.05) is 13.1 Å². The fourth-order valence-corrected chi connectivity index (χ4v) is 3.08. The molecule has 7 heteroatoms. The van der Waals surface area contributed by atoms with Crippen LogP contribution in [0.4, 0.5) is 0 Å². The topological polar surface area (TPSA) is 72.1 Å². The zero-order chi connectivity index (χ0) is 16.4. The van der Waals surface area contributed by atoms with Crippen molar-refractivity contribution < 1.29 is 4.79 Å². The van der Waals surface area contributed by atoms with Crippen LogP contribution in [0.2, 0.25) is 10.0 Å². The van der Waals surface area contributed by atoms with E-state index in [1.807, 2.05) is 0 Å². The maximum atomic E-state index is 12.4. The summed E-state index contributed by atoms with van der Waals surface area (Å²) in [5.74, 6) is -0.111. The van der Waals surface area contributed by atoms with E-state index in [4.69, 9.17) is 28.9 Å². The number of aromatic nitrogens is 2. The van der Waals surface area contributed by atoms with Gasteiger partial charge in [0.05, 0.1) is 18.1 Å². The molecule has 120 valence electrons. The number of carbonyl (C=O) groups excluding carboxylic acids is 1. The van der Waals surface area contributed by atoms with E-state index in [1.54, 1.807) is 29.3 Å². The van der Waals surface area contributed by atoms with Gasteiger partial charge in [-0.05, 0) is 31.0 Å². The summed E-state index contributed by atoms with van der Waals surface area (Å²) in [6.45, 7) is 1.32. The molecule has 2 aromatic rings. The van der Waals surface area contributed by atoms with Gasteiger partial charge in [0.1, 0.15) is 5.69 Å². The zero-order valence-electron chi connectivity index (χ0n) is 12.4. The normalized spacial score (nSPS) is 15.7. The van der Waals surface area contributed by atoms with E-state index in [0.717, 1.165) is 18.4 Å². The van der Waals surface area contributed by atoms with Gasteiger partial charge in [0, 0.05) is 34.7 Å². The van der Waals surface area contributed by atoms with E-state index in [1.165, 1.54) is 6.20 Å². The van der Waals surface area contributed by atoms with Crippen molar-refractivity contribution in [1.82, 2.24) is 14.9 Å². The molecule has 0 unspecified atom stereocenters. The molecule has 2 heterocycles. The average molecular weight is 351 g/mol. The Hall–Kier alpha value is -1.69. The molecule has 1 aliphatic rings. The van der Waals surface area contributed by atoms with Crippen LogP contribution in [0.5, 0.6) is 0 Å². The molecule has 2 N–H and O–H groups in total. The van der Waals surface area contributed by atoms with E-state index >= 15 is 0 Å². The zero-order valence-corrected chi connectivity index (χ0v) is 13.9. The second kappa shape index (κ2) is 6.83. The molecule has 0 atom stereocenters. The largest absolute Gasteiger partial charge is 0.337 e. The van der Waals surface area contributed by atoms with Crippen LogP contribution < -0.4 is 5.73 Å². The molecular formula is C16H16Cl2N4O. The summed E-state index contributed by atoms with van der Waals surface area (Å²) in [6.07, 6.45) is 4.68. The summed E-state index contributed by atoms with van der Waals surface area (Å²) in [5, 5.41) is 1.05. The van der Waals surface area contributed by atoms with Crippen LogP contribution in [0.1, 0.15) is 23.3 Å². The highest BCUT2D eigenvalue weighted by Crippen LogP contribution is 2.25. The third-order valence-electron chi connectivity index (χ3n) is 3.86. The number of halogens is 2. The van der Waals surface area contributed by atoms with Crippen LogP contribution in [0.3, 0.4) is 0 Å². The van der Waals surface area contributed by atoms with Gasteiger partial charge in [-0.1, -0.05) is 23.2 Å².